The van der Waals surface area contributed by atoms with E-state index < -0.39 is 11.8 Å². The average molecular weight is 374 g/mol. The van der Waals surface area contributed by atoms with E-state index in [1.165, 1.54) is 6.42 Å². The Hall–Kier alpha value is -1.51. The second-order valence-corrected chi connectivity index (χ2v) is 9.75. The lowest BCUT2D eigenvalue weighted by Crippen LogP contribution is -2.69. The Morgan fingerprint density at radius 3 is 2.56 bits per heavy atom. The smallest absolute Gasteiger partial charge is 0.240 e. The first-order valence-electron chi connectivity index (χ1n) is 10.2. The van der Waals surface area contributed by atoms with Crippen molar-refractivity contribution in [2.24, 2.45) is 29.4 Å². The molecule has 0 spiro atoms. The summed E-state index contributed by atoms with van der Waals surface area (Å²) in [6, 6.07) is -0.192. The molecule has 1 aliphatic carbocycles. The quantitative estimate of drug-likeness (QED) is 0.594. The molecule has 7 unspecified atom stereocenters. The van der Waals surface area contributed by atoms with E-state index in [0.717, 1.165) is 37.4 Å². The zero-order valence-corrected chi connectivity index (χ0v) is 15.3. The number of likely N-dealkylation sites (tertiary alicyclic amines) is 1. The number of nitrogens with one attached hydrogen (secondary N) is 1. The summed E-state index contributed by atoms with van der Waals surface area (Å²) in [7, 11) is 0. The maximum absolute atomic E-state index is 12.8. The molecule has 3 amide bonds. The lowest BCUT2D eigenvalue weighted by atomic mass is 9.64. The number of hydrogen-bond donors (Lipinski definition) is 2. The van der Waals surface area contributed by atoms with Crippen molar-refractivity contribution < 1.29 is 19.1 Å². The summed E-state index contributed by atoms with van der Waals surface area (Å²) in [5.74, 6) is -0.362. The monoisotopic (exact) mass is 374 g/mol. The zero-order chi connectivity index (χ0) is 18.5. The van der Waals surface area contributed by atoms with Gasteiger partial charge in [0, 0.05) is 25.7 Å². The van der Waals surface area contributed by atoms with Gasteiger partial charge in [0.25, 0.3) is 0 Å². The number of carbonyl (C=O) groups excluding carboxylic acids is 3. The van der Waals surface area contributed by atoms with Crippen molar-refractivity contribution in [1.29, 1.82) is 0 Å². The highest BCUT2D eigenvalue weighted by molar-refractivity contribution is 6.08. The number of ether oxygens (including phenoxy) is 1. The Balaban J connectivity index is 1.16. The van der Waals surface area contributed by atoms with Gasteiger partial charge in [-0.25, -0.2) is 0 Å². The normalized spacial score (nSPS) is 52.0. The van der Waals surface area contributed by atoms with Crippen LogP contribution >= 0.6 is 0 Å². The minimum Gasteiger partial charge on any atom is -0.372 e. The van der Waals surface area contributed by atoms with Crippen molar-refractivity contribution in [3.8, 4) is 0 Å². The minimum atomic E-state index is -0.496. The number of rotatable bonds is 3. The van der Waals surface area contributed by atoms with Crippen LogP contribution in [0.1, 0.15) is 25.7 Å². The molecule has 146 valence electrons. The van der Waals surface area contributed by atoms with Gasteiger partial charge in [0.2, 0.25) is 17.7 Å². The predicted molar refractivity (Wildman–Crippen MR) is 93.1 cm³/mol. The molecule has 7 rings (SSSR count). The molecule has 0 radical (unpaired) electrons. The van der Waals surface area contributed by atoms with Gasteiger partial charge in [-0.2, -0.15) is 0 Å². The minimum absolute atomic E-state index is 0.170. The zero-order valence-electron chi connectivity index (χ0n) is 15.3. The van der Waals surface area contributed by atoms with E-state index >= 15 is 0 Å². The number of fused-ring (bicyclic) bond motifs is 5. The fourth-order valence-corrected chi connectivity index (χ4v) is 7.23. The Morgan fingerprint density at radius 1 is 1.15 bits per heavy atom. The van der Waals surface area contributed by atoms with Gasteiger partial charge in [-0.05, 0) is 37.5 Å². The molecule has 8 nitrogen and oxygen atoms in total. The maximum Gasteiger partial charge on any atom is 0.240 e. The molecule has 0 aromatic rings. The third-order valence-electron chi connectivity index (χ3n) is 7.79. The molecule has 8 heteroatoms. The van der Waals surface area contributed by atoms with E-state index in [1.54, 1.807) is 0 Å². The largest absolute Gasteiger partial charge is 0.372 e. The number of hydrogen-bond acceptors (Lipinski definition) is 6. The molecule has 9 atom stereocenters. The molecule has 6 heterocycles. The average Bonchev–Trinajstić information content (AvgIpc) is 3.20. The first-order chi connectivity index (χ1) is 12.9. The van der Waals surface area contributed by atoms with Crippen LogP contribution in [-0.4, -0.2) is 77.5 Å². The molecule has 1 saturated carbocycles. The first-order valence-corrected chi connectivity index (χ1v) is 10.2. The molecular formula is C19H26N4O4. The van der Waals surface area contributed by atoms with Crippen molar-refractivity contribution in [2.45, 2.75) is 49.5 Å². The van der Waals surface area contributed by atoms with Crippen molar-refractivity contribution >= 4 is 17.7 Å². The first kappa shape index (κ1) is 16.4. The van der Waals surface area contributed by atoms with Crippen LogP contribution in [0.3, 0.4) is 0 Å². The SMILES string of the molecule is NC1CC2OC1C1C(=O)N(CC(=O)NC34C[C@@H]5C[C@@H](CN(C5)C3)C4)C(=O)C21. The van der Waals surface area contributed by atoms with E-state index in [0.29, 0.717) is 18.3 Å². The third-order valence-corrected chi connectivity index (χ3v) is 7.79. The molecule has 7 aliphatic rings. The number of nitrogens with two attached hydrogens (primary N) is 1. The van der Waals surface area contributed by atoms with E-state index in [1.807, 2.05) is 0 Å². The fraction of sp³-hybridized carbons (Fsp3) is 0.842. The summed E-state index contributed by atoms with van der Waals surface area (Å²) in [6.45, 7) is 3.01. The van der Waals surface area contributed by atoms with E-state index in [4.69, 9.17) is 10.5 Å². The molecule has 27 heavy (non-hydrogen) atoms. The van der Waals surface area contributed by atoms with Gasteiger partial charge < -0.3 is 20.7 Å². The van der Waals surface area contributed by atoms with Crippen LogP contribution in [0.2, 0.25) is 0 Å². The molecule has 7 fully saturated rings. The van der Waals surface area contributed by atoms with Gasteiger partial charge in [-0.1, -0.05) is 0 Å². The number of carbonyl (C=O) groups is 3. The second kappa shape index (κ2) is 5.30. The highest BCUT2D eigenvalue weighted by Gasteiger charge is 2.65. The third kappa shape index (κ3) is 2.23. The molecule has 6 saturated heterocycles. The van der Waals surface area contributed by atoms with Crippen LogP contribution in [0.5, 0.6) is 0 Å². The van der Waals surface area contributed by atoms with Crippen molar-refractivity contribution in [3.63, 3.8) is 0 Å². The van der Waals surface area contributed by atoms with E-state index in [9.17, 15) is 14.4 Å². The standard InChI is InChI=1S/C19H26N4O4/c20-11-2-12-14-15(16(11)27-12)18(26)23(17(14)25)7-13(24)21-19-3-9-1-10(4-19)6-22(5-9)8-19/h9-12,14-16H,1-8,20H2,(H,21,24)/t9-,10+,11?,12?,14?,15?,16?,19?. The summed E-state index contributed by atoms with van der Waals surface area (Å²) < 4.78 is 5.74. The summed E-state index contributed by atoms with van der Waals surface area (Å²) in [4.78, 5) is 42.0. The highest BCUT2D eigenvalue weighted by Crippen LogP contribution is 2.48. The molecule has 0 aromatic heterocycles. The second-order valence-electron chi connectivity index (χ2n) is 9.75. The van der Waals surface area contributed by atoms with Crippen LogP contribution in [0, 0.1) is 23.7 Å². The molecule has 0 aromatic carbocycles. The maximum atomic E-state index is 12.8. The van der Waals surface area contributed by atoms with Crippen LogP contribution in [-0.2, 0) is 19.1 Å². The summed E-state index contributed by atoms with van der Waals surface area (Å²) in [5, 5.41) is 3.22. The summed E-state index contributed by atoms with van der Waals surface area (Å²) in [6.07, 6.45) is 3.28. The number of imide groups is 1. The Bertz CT molecular complexity index is 704. The molecule has 6 bridgehead atoms. The topological polar surface area (TPSA) is 105 Å². The number of piperidine rings is 3. The molecule has 3 N–H and O–H groups in total. The lowest BCUT2D eigenvalue weighted by molar-refractivity contribution is -0.147. The number of nitrogens with zero attached hydrogens (tertiary/aromatic N) is 2. The Kier molecular flexibility index (Phi) is 3.23. The van der Waals surface area contributed by atoms with Crippen LogP contribution in [0.25, 0.3) is 0 Å². The van der Waals surface area contributed by atoms with Crippen molar-refractivity contribution in [1.82, 2.24) is 15.1 Å². The van der Waals surface area contributed by atoms with Gasteiger partial charge in [0.15, 0.2) is 0 Å². The van der Waals surface area contributed by atoms with Crippen molar-refractivity contribution in [3.05, 3.63) is 0 Å². The van der Waals surface area contributed by atoms with E-state index in [2.05, 4.69) is 10.2 Å². The summed E-state index contributed by atoms with van der Waals surface area (Å²) >= 11 is 0. The van der Waals surface area contributed by atoms with E-state index in [-0.39, 0.29) is 48.1 Å². The van der Waals surface area contributed by atoms with Gasteiger partial charge in [0.1, 0.15) is 6.54 Å². The Morgan fingerprint density at radius 2 is 1.85 bits per heavy atom. The lowest BCUT2D eigenvalue weighted by Gasteiger charge is -2.58. The number of amides is 3. The van der Waals surface area contributed by atoms with Crippen LogP contribution in [0.4, 0.5) is 0 Å². The Labute approximate surface area is 157 Å². The van der Waals surface area contributed by atoms with Gasteiger partial charge in [0.05, 0.1) is 29.6 Å². The van der Waals surface area contributed by atoms with Crippen LogP contribution in [0.15, 0.2) is 0 Å². The van der Waals surface area contributed by atoms with Gasteiger partial charge >= 0.3 is 0 Å². The van der Waals surface area contributed by atoms with Gasteiger partial charge in [-0.15, -0.1) is 0 Å². The fourth-order valence-electron chi connectivity index (χ4n) is 7.23. The molecular weight excluding hydrogens is 348 g/mol. The molecule has 6 aliphatic heterocycles. The predicted octanol–water partition coefficient (Wildman–Crippen LogP) is -1.31. The van der Waals surface area contributed by atoms with Gasteiger partial charge in [-0.3, -0.25) is 19.3 Å². The summed E-state index contributed by atoms with van der Waals surface area (Å²) in [5.41, 5.74) is 5.86. The van der Waals surface area contributed by atoms with Crippen molar-refractivity contribution in [2.75, 3.05) is 26.2 Å². The van der Waals surface area contributed by atoms with Crippen LogP contribution < -0.4 is 11.1 Å². The highest BCUT2D eigenvalue weighted by atomic mass is 16.5.